The Morgan fingerprint density at radius 3 is 1.88 bits per heavy atom. The molecular formula is C19H24N4O2. The van der Waals surface area contributed by atoms with E-state index in [0.29, 0.717) is 31.6 Å². The molecule has 132 valence electrons. The second kappa shape index (κ2) is 9.44. The van der Waals surface area contributed by atoms with Crippen LogP contribution in [0.5, 0.6) is 0 Å². The van der Waals surface area contributed by atoms with Crippen molar-refractivity contribution < 1.29 is 9.59 Å². The molecule has 0 aliphatic heterocycles. The zero-order chi connectivity index (χ0) is 18.1. The van der Waals surface area contributed by atoms with Gasteiger partial charge in [0, 0.05) is 31.5 Å². The highest BCUT2D eigenvalue weighted by Gasteiger charge is 2.06. The van der Waals surface area contributed by atoms with E-state index in [2.05, 4.69) is 16.0 Å². The monoisotopic (exact) mass is 340 g/mol. The summed E-state index contributed by atoms with van der Waals surface area (Å²) in [4.78, 5) is 23.8. The summed E-state index contributed by atoms with van der Waals surface area (Å²) in [7, 11) is 1.85. The predicted octanol–water partition coefficient (Wildman–Crippen LogP) is 1.53. The second-order valence-corrected chi connectivity index (χ2v) is 5.68. The summed E-state index contributed by atoms with van der Waals surface area (Å²) >= 11 is 0. The van der Waals surface area contributed by atoms with Crippen LogP contribution in [-0.4, -0.2) is 32.0 Å². The molecule has 0 spiro atoms. The highest BCUT2D eigenvalue weighted by Crippen LogP contribution is 2.12. The van der Waals surface area contributed by atoms with E-state index in [4.69, 9.17) is 5.73 Å². The van der Waals surface area contributed by atoms with Crippen LogP contribution in [0.1, 0.15) is 11.1 Å². The molecule has 0 heterocycles. The van der Waals surface area contributed by atoms with Crippen molar-refractivity contribution in [2.45, 2.75) is 12.8 Å². The van der Waals surface area contributed by atoms with Crippen molar-refractivity contribution >= 4 is 23.2 Å². The predicted molar refractivity (Wildman–Crippen MR) is 101 cm³/mol. The normalized spacial score (nSPS) is 10.2. The lowest BCUT2D eigenvalue weighted by atomic mass is 10.1. The lowest BCUT2D eigenvalue weighted by molar-refractivity contribution is -0.120. The summed E-state index contributed by atoms with van der Waals surface area (Å²) in [6, 6.07) is 15.0. The van der Waals surface area contributed by atoms with Crippen LogP contribution in [0.4, 0.5) is 11.4 Å². The van der Waals surface area contributed by atoms with Gasteiger partial charge >= 0.3 is 0 Å². The van der Waals surface area contributed by atoms with Crippen molar-refractivity contribution in [3.8, 4) is 0 Å². The molecule has 2 rings (SSSR count). The molecule has 5 N–H and O–H groups in total. The highest BCUT2D eigenvalue weighted by atomic mass is 16.2. The van der Waals surface area contributed by atoms with E-state index in [0.717, 1.165) is 16.8 Å². The molecule has 25 heavy (non-hydrogen) atoms. The first-order valence-electron chi connectivity index (χ1n) is 8.23. The Balaban J connectivity index is 1.85. The Morgan fingerprint density at radius 1 is 0.840 bits per heavy atom. The van der Waals surface area contributed by atoms with E-state index >= 15 is 0 Å². The first-order chi connectivity index (χ1) is 12.1. The van der Waals surface area contributed by atoms with Crippen LogP contribution in [-0.2, 0) is 22.4 Å². The summed E-state index contributed by atoms with van der Waals surface area (Å²) < 4.78 is 0. The third-order valence-electron chi connectivity index (χ3n) is 3.68. The van der Waals surface area contributed by atoms with E-state index in [-0.39, 0.29) is 11.8 Å². The largest absolute Gasteiger partial charge is 0.388 e. The molecule has 0 aliphatic carbocycles. The van der Waals surface area contributed by atoms with Gasteiger partial charge in [0.2, 0.25) is 11.8 Å². The van der Waals surface area contributed by atoms with Gasteiger partial charge in [0.05, 0.1) is 12.8 Å². The van der Waals surface area contributed by atoms with Crippen LogP contribution in [0.2, 0.25) is 0 Å². The smallest absolute Gasteiger partial charge is 0.228 e. The molecule has 0 aliphatic rings. The van der Waals surface area contributed by atoms with E-state index in [1.807, 2.05) is 43.4 Å². The number of carbonyl (C=O) groups excluding carboxylic acids is 2. The number of nitrogens with one attached hydrogen (secondary N) is 3. The Bertz CT molecular complexity index is 696. The van der Waals surface area contributed by atoms with Gasteiger partial charge in [-0.15, -0.1) is 0 Å². The minimum Gasteiger partial charge on any atom is -0.388 e. The topological polar surface area (TPSA) is 96.2 Å². The van der Waals surface area contributed by atoms with Crippen molar-refractivity contribution in [2.24, 2.45) is 5.73 Å². The van der Waals surface area contributed by atoms with Gasteiger partial charge in [-0.3, -0.25) is 9.59 Å². The summed E-state index contributed by atoms with van der Waals surface area (Å²) in [5.74, 6) is -0.141. The van der Waals surface area contributed by atoms with Gasteiger partial charge in [-0.1, -0.05) is 24.3 Å². The summed E-state index contributed by atoms with van der Waals surface area (Å²) in [5, 5.41) is 8.63. The van der Waals surface area contributed by atoms with Crippen LogP contribution in [0.25, 0.3) is 0 Å². The van der Waals surface area contributed by atoms with Crippen molar-refractivity contribution in [3.05, 3.63) is 59.7 Å². The van der Waals surface area contributed by atoms with Crippen molar-refractivity contribution in [3.63, 3.8) is 0 Å². The average Bonchev–Trinajstić information content (AvgIpc) is 2.62. The molecule has 6 nitrogen and oxygen atoms in total. The average molecular weight is 340 g/mol. The van der Waals surface area contributed by atoms with Gasteiger partial charge in [0.15, 0.2) is 0 Å². The van der Waals surface area contributed by atoms with Gasteiger partial charge in [-0.05, 0) is 35.4 Å². The molecule has 2 amide bonds. The Kier molecular flexibility index (Phi) is 6.98. The summed E-state index contributed by atoms with van der Waals surface area (Å²) in [5.41, 5.74) is 8.90. The lowest BCUT2D eigenvalue weighted by Crippen LogP contribution is -2.30. The molecular weight excluding hydrogens is 316 g/mol. The molecule has 0 atom stereocenters. The molecule has 0 fully saturated rings. The fraction of sp³-hybridized carbons (Fsp3) is 0.263. The molecule has 0 bridgehead atoms. The number of amides is 2. The second-order valence-electron chi connectivity index (χ2n) is 5.68. The standard InChI is InChI=1S/C19H24N4O2/c1-21-16-6-2-15(3-7-16)13-19(25)23-17-8-4-14(5-9-17)12-18(24)22-11-10-20/h2-9,21H,10-13,20H2,1H3,(H,22,24)(H,23,25). The fourth-order valence-electron chi connectivity index (χ4n) is 2.35. The van der Waals surface area contributed by atoms with E-state index < -0.39 is 0 Å². The van der Waals surface area contributed by atoms with Crippen LogP contribution < -0.4 is 21.7 Å². The Hall–Kier alpha value is -2.86. The number of anilines is 2. The molecule has 0 saturated carbocycles. The zero-order valence-electron chi connectivity index (χ0n) is 14.3. The van der Waals surface area contributed by atoms with Gasteiger partial charge in [0.1, 0.15) is 0 Å². The number of benzene rings is 2. The lowest BCUT2D eigenvalue weighted by Gasteiger charge is -2.08. The van der Waals surface area contributed by atoms with Gasteiger partial charge in [-0.25, -0.2) is 0 Å². The summed E-state index contributed by atoms with van der Waals surface area (Å²) in [6.07, 6.45) is 0.610. The third kappa shape index (κ3) is 6.27. The number of hydrogen-bond donors (Lipinski definition) is 4. The van der Waals surface area contributed by atoms with Crippen LogP contribution in [0.3, 0.4) is 0 Å². The number of hydrogen-bond acceptors (Lipinski definition) is 4. The maximum atomic E-state index is 12.1. The van der Waals surface area contributed by atoms with Gasteiger partial charge < -0.3 is 21.7 Å². The first-order valence-corrected chi connectivity index (χ1v) is 8.23. The van der Waals surface area contributed by atoms with Crippen molar-refractivity contribution in [1.82, 2.24) is 5.32 Å². The highest BCUT2D eigenvalue weighted by molar-refractivity contribution is 5.92. The molecule has 0 saturated heterocycles. The van der Waals surface area contributed by atoms with Crippen LogP contribution in [0.15, 0.2) is 48.5 Å². The summed E-state index contributed by atoms with van der Waals surface area (Å²) in [6.45, 7) is 0.899. The number of rotatable bonds is 8. The fourth-order valence-corrected chi connectivity index (χ4v) is 2.35. The molecule has 0 aromatic heterocycles. The third-order valence-corrected chi connectivity index (χ3v) is 3.68. The Labute approximate surface area is 147 Å². The van der Waals surface area contributed by atoms with Crippen LogP contribution >= 0.6 is 0 Å². The number of nitrogens with two attached hydrogens (primary N) is 1. The minimum atomic E-state index is -0.0781. The van der Waals surface area contributed by atoms with E-state index in [1.165, 1.54) is 0 Å². The number of carbonyl (C=O) groups is 2. The molecule has 6 heteroatoms. The Morgan fingerprint density at radius 2 is 1.36 bits per heavy atom. The molecule has 2 aromatic rings. The SMILES string of the molecule is CNc1ccc(CC(=O)Nc2ccc(CC(=O)NCCN)cc2)cc1. The quantitative estimate of drug-likeness (QED) is 0.586. The molecule has 2 aromatic carbocycles. The van der Waals surface area contributed by atoms with E-state index in [9.17, 15) is 9.59 Å². The van der Waals surface area contributed by atoms with Gasteiger partial charge in [0.25, 0.3) is 0 Å². The van der Waals surface area contributed by atoms with Gasteiger partial charge in [-0.2, -0.15) is 0 Å². The van der Waals surface area contributed by atoms with Crippen LogP contribution in [0, 0.1) is 0 Å². The zero-order valence-corrected chi connectivity index (χ0v) is 14.3. The minimum absolute atomic E-state index is 0.0627. The van der Waals surface area contributed by atoms with Crippen molar-refractivity contribution in [1.29, 1.82) is 0 Å². The first kappa shape index (κ1) is 18.5. The van der Waals surface area contributed by atoms with E-state index in [1.54, 1.807) is 12.1 Å². The van der Waals surface area contributed by atoms with Crippen molar-refractivity contribution in [2.75, 3.05) is 30.8 Å². The molecule has 0 radical (unpaired) electrons. The maximum Gasteiger partial charge on any atom is 0.228 e. The maximum absolute atomic E-state index is 12.1. The molecule has 0 unspecified atom stereocenters.